The number of fused-ring (bicyclic) bond motifs is 2. The van der Waals surface area contributed by atoms with Gasteiger partial charge >= 0.3 is 0 Å². The fraction of sp³-hybridized carbons (Fsp3) is 0.867. The zero-order valence-electron chi connectivity index (χ0n) is 10.4. The first kappa shape index (κ1) is 10.4. The summed E-state index contributed by atoms with van der Waals surface area (Å²) < 4.78 is 12.3. The highest BCUT2D eigenvalue weighted by Crippen LogP contribution is 2.63. The van der Waals surface area contributed by atoms with E-state index in [2.05, 4.69) is 6.58 Å². The fourth-order valence-electron chi connectivity index (χ4n) is 5.31. The minimum absolute atomic E-state index is 0.252. The number of hydrogen-bond donors (Lipinski definition) is 0. The van der Waals surface area contributed by atoms with Crippen LogP contribution in [0.15, 0.2) is 12.8 Å². The maximum absolute atomic E-state index is 6.56. The molecule has 1 spiro atoms. The molecule has 0 aromatic rings. The maximum Gasteiger partial charge on any atom is 0.127 e. The summed E-state index contributed by atoms with van der Waals surface area (Å²) in [4.78, 5) is 0. The second kappa shape index (κ2) is 3.50. The van der Waals surface area contributed by atoms with Crippen LogP contribution in [0.5, 0.6) is 0 Å². The standard InChI is InChI=1S/C15H22O2/c1-2-16-13-10-8-11-12(9-10)15(17-14(11)13)6-4-3-5-7-15/h2,10-14H,1,3-9H2. The lowest BCUT2D eigenvalue weighted by atomic mass is 9.71. The molecule has 3 aliphatic carbocycles. The SMILES string of the molecule is C=COC1C2CC3C1OC1(CCCCC1)C3C2. The highest BCUT2D eigenvalue weighted by molar-refractivity contribution is 5.15. The predicted octanol–water partition coefficient (Wildman–Crippen LogP) is 3.27. The third kappa shape index (κ3) is 1.25. The molecular formula is C15H22O2. The Morgan fingerprint density at radius 2 is 2.00 bits per heavy atom. The summed E-state index contributed by atoms with van der Waals surface area (Å²) in [5.74, 6) is 2.39. The minimum atomic E-state index is 0.252. The van der Waals surface area contributed by atoms with Gasteiger partial charge in [0.05, 0.1) is 18.0 Å². The Bertz CT molecular complexity index is 332. The van der Waals surface area contributed by atoms with E-state index in [0.717, 1.165) is 17.8 Å². The molecule has 4 rings (SSSR count). The molecule has 17 heavy (non-hydrogen) atoms. The molecule has 1 aliphatic heterocycles. The second-order valence-electron chi connectivity index (χ2n) is 6.48. The molecule has 2 heteroatoms. The van der Waals surface area contributed by atoms with Gasteiger partial charge in [-0.2, -0.15) is 0 Å². The van der Waals surface area contributed by atoms with Gasteiger partial charge in [0.2, 0.25) is 0 Å². The highest BCUT2D eigenvalue weighted by atomic mass is 16.6. The summed E-state index contributed by atoms with van der Waals surface area (Å²) in [6, 6.07) is 0. The molecule has 2 nitrogen and oxygen atoms in total. The fourth-order valence-corrected chi connectivity index (χ4v) is 5.31. The van der Waals surface area contributed by atoms with Crippen molar-refractivity contribution in [1.29, 1.82) is 0 Å². The van der Waals surface area contributed by atoms with Crippen molar-refractivity contribution >= 4 is 0 Å². The zero-order chi connectivity index (χ0) is 11.5. The Kier molecular flexibility index (Phi) is 2.15. The Morgan fingerprint density at radius 1 is 1.18 bits per heavy atom. The van der Waals surface area contributed by atoms with Crippen molar-refractivity contribution in [2.24, 2.45) is 17.8 Å². The third-order valence-corrected chi connectivity index (χ3v) is 5.86. The minimum Gasteiger partial charge on any atom is -0.496 e. The van der Waals surface area contributed by atoms with E-state index in [9.17, 15) is 0 Å². The van der Waals surface area contributed by atoms with Crippen LogP contribution in [0.4, 0.5) is 0 Å². The van der Waals surface area contributed by atoms with Gasteiger partial charge in [-0.05, 0) is 43.4 Å². The molecule has 5 unspecified atom stereocenters. The molecule has 1 heterocycles. The van der Waals surface area contributed by atoms with Crippen LogP contribution in [0, 0.1) is 17.8 Å². The molecule has 0 N–H and O–H groups in total. The Morgan fingerprint density at radius 3 is 2.76 bits per heavy atom. The van der Waals surface area contributed by atoms with E-state index >= 15 is 0 Å². The summed E-state index contributed by atoms with van der Waals surface area (Å²) in [6.45, 7) is 3.72. The van der Waals surface area contributed by atoms with Crippen LogP contribution < -0.4 is 0 Å². The van der Waals surface area contributed by atoms with E-state index < -0.39 is 0 Å². The molecule has 0 amide bonds. The first-order chi connectivity index (χ1) is 8.34. The molecule has 0 radical (unpaired) electrons. The molecule has 0 aromatic heterocycles. The van der Waals surface area contributed by atoms with Crippen molar-refractivity contribution in [2.45, 2.75) is 62.8 Å². The molecule has 3 saturated carbocycles. The molecule has 1 saturated heterocycles. The molecular weight excluding hydrogens is 212 g/mol. The van der Waals surface area contributed by atoms with Crippen molar-refractivity contribution in [1.82, 2.24) is 0 Å². The van der Waals surface area contributed by atoms with Crippen molar-refractivity contribution in [3.8, 4) is 0 Å². The molecule has 4 aliphatic rings. The van der Waals surface area contributed by atoms with Gasteiger partial charge in [-0.1, -0.05) is 25.8 Å². The van der Waals surface area contributed by atoms with Gasteiger partial charge in [0.1, 0.15) is 6.10 Å². The Balaban J connectivity index is 1.63. The Labute approximate surface area is 103 Å². The van der Waals surface area contributed by atoms with E-state index in [1.165, 1.54) is 44.9 Å². The van der Waals surface area contributed by atoms with Crippen LogP contribution in [-0.2, 0) is 9.47 Å². The molecule has 94 valence electrons. The third-order valence-electron chi connectivity index (χ3n) is 5.86. The van der Waals surface area contributed by atoms with Crippen molar-refractivity contribution < 1.29 is 9.47 Å². The summed E-state index contributed by atoms with van der Waals surface area (Å²) in [5.41, 5.74) is 0.252. The van der Waals surface area contributed by atoms with Gasteiger partial charge in [-0.15, -0.1) is 0 Å². The van der Waals surface area contributed by atoms with Crippen LogP contribution in [0.2, 0.25) is 0 Å². The summed E-state index contributed by atoms with van der Waals surface area (Å²) >= 11 is 0. The van der Waals surface area contributed by atoms with E-state index in [4.69, 9.17) is 9.47 Å². The lowest BCUT2D eigenvalue weighted by Gasteiger charge is -2.37. The van der Waals surface area contributed by atoms with E-state index in [1.807, 2.05) is 0 Å². The number of hydrogen-bond acceptors (Lipinski definition) is 2. The van der Waals surface area contributed by atoms with Crippen molar-refractivity contribution in [3.05, 3.63) is 12.8 Å². The van der Waals surface area contributed by atoms with Gasteiger partial charge in [0, 0.05) is 0 Å². The molecule has 2 bridgehead atoms. The predicted molar refractivity (Wildman–Crippen MR) is 65.5 cm³/mol. The van der Waals surface area contributed by atoms with Crippen molar-refractivity contribution in [2.75, 3.05) is 0 Å². The lowest BCUT2D eigenvalue weighted by Crippen LogP contribution is -2.37. The van der Waals surface area contributed by atoms with Crippen LogP contribution in [-0.4, -0.2) is 17.8 Å². The number of ether oxygens (including phenoxy) is 2. The lowest BCUT2D eigenvalue weighted by molar-refractivity contribution is -0.103. The average Bonchev–Trinajstić information content (AvgIpc) is 2.95. The topological polar surface area (TPSA) is 18.5 Å². The molecule has 4 fully saturated rings. The van der Waals surface area contributed by atoms with Crippen molar-refractivity contribution in [3.63, 3.8) is 0 Å². The first-order valence-corrected chi connectivity index (χ1v) is 7.28. The van der Waals surface area contributed by atoms with Gasteiger partial charge in [-0.25, -0.2) is 0 Å². The highest BCUT2D eigenvalue weighted by Gasteiger charge is 2.66. The summed E-state index contributed by atoms with van der Waals surface area (Å²) in [5, 5.41) is 0. The zero-order valence-corrected chi connectivity index (χ0v) is 10.4. The monoisotopic (exact) mass is 234 g/mol. The summed E-state index contributed by atoms with van der Waals surface area (Å²) in [7, 11) is 0. The second-order valence-corrected chi connectivity index (χ2v) is 6.48. The van der Waals surface area contributed by atoms with Crippen LogP contribution in [0.1, 0.15) is 44.9 Å². The van der Waals surface area contributed by atoms with Crippen LogP contribution >= 0.6 is 0 Å². The van der Waals surface area contributed by atoms with Gasteiger partial charge in [0.15, 0.2) is 0 Å². The average molecular weight is 234 g/mol. The summed E-state index contributed by atoms with van der Waals surface area (Å²) in [6.07, 6.45) is 11.8. The largest absolute Gasteiger partial charge is 0.496 e. The van der Waals surface area contributed by atoms with Crippen LogP contribution in [0.3, 0.4) is 0 Å². The van der Waals surface area contributed by atoms with E-state index in [0.29, 0.717) is 12.2 Å². The van der Waals surface area contributed by atoms with E-state index in [-0.39, 0.29) is 5.60 Å². The maximum atomic E-state index is 6.56. The van der Waals surface area contributed by atoms with Gasteiger partial charge in [0.25, 0.3) is 0 Å². The van der Waals surface area contributed by atoms with Gasteiger partial charge < -0.3 is 9.47 Å². The normalized spacial score (nSPS) is 49.8. The van der Waals surface area contributed by atoms with E-state index in [1.54, 1.807) is 6.26 Å². The van der Waals surface area contributed by atoms with Gasteiger partial charge in [-0.3, -0.25) is 0 Å². The number of rotatable bonds is 2. The smallest absolute Gasteiger partial charge is 0.127 e. The van der Waals surface area contributed by atoms with Crippen LogP contribution in [0.25, 0.3) is 0 Å². The first-order valence-electron chi connectivity index (χ1n) is 7.28. The molecule has 0 aromatic carbocycles. The Hall–Kier alpha value is -0.500. The molecule has 5 atom stereocenters. The quantitative estimate of drug-likeness (QED) is 0.683.